The molecule has 0 bridgehead atoms. The van der Waals surface area contributed by atoms with E-state index in [1.807, 2.05) is 22.8 Å². The number of sulfone groups is 1. The van der Waals surface area contributed by atoms with Crippen molar-refractivity contribution in [2.75, 3.05) is 18.6 Å². The number of nitrogens with one attached hydrogen (secondary N) is 1. The maximum absolute atomic E-state index is 11.6. The molecular formula is C13H16N2O3S2. The van der Waals surface area contributed by atoms with Crippen LogP contribution in [0.4, 0.5) is 0 Å². The first-order chi connectivity index (χ1) is 9.50. The molecule has 0 saturated carbocycles. The van der Waals surface area contributed by atoms with Crippen LogP contribution in [0.25, 0.3) is 11.0 Å². The van der Waals surface area contributed by atoms with E-state index in [4.69, 9.17) is 17.0 Å². The van der Waals surface area contributed by atoms with Crippen molar-refractivity contribution in [2.24, 2.45) is 5.92 Å². The van der Waals surface area contributed by atoms with Gasteiger partial charge in [-0.15, -0.1) is 0 Å². The molecule has 5 nitrogen and oxygen atoms in total. The molecule has 3 rings (SSSR count). The minimum absolute atomic E-state index is 0.136. The Balaban J connectivity index is 2.00. The Bertz CT molecular complexity index is 805. The standard InChI is InChI=1S/C13H16N2O3S2/c1-18-11-4-2-3-10-12(11)14-13(19)15(10)7-9-5-6-20(16,17)8-9/h2-4,9H,5-8H2,1H3,(H,14,19). The second-order valence-electron chi connectivity index (χ2n) is 5.16. The Morgan fingerprint density at radius 2 is 2.30 bits per heavy atom. The number of imidazole rings is 1. The molecule has 108 valence electrons. The Kier molecular flexibility index (Phi) is 3.33. The molecule has 1 unspecified atom stereocenters. The number of H-pyrrole nitrogens is 1. The molecule has 7 heteroatoms. The van der Waals surface area contributed by atoms with Crippen LogP contribution in [0, 0.1) is 10.7 Å². The largest absolute Gasteiger partial charge is 0.494 e. The molecule has 1 aliphatic heterocycles. The number of methoxy groups -OCH3 is 1. The molecule has 1 aliphatic rings. The van der Waals surface area contributed by atoms with Crippen molar-refractivity contribution in [2.45, 2.75) is 13.0 Å². The number of para-hydroxylation sites is 1. The normalized spacial score (nSPS) is 21.4. The van der Waals surface area contributed by atoms with Crippen molar-refractivity contribution in [3.05, 3.63) is 23.0 Å². The molecule has 1 fully saturated rings. The average molecular weight is 312 g/mol. The smallest absolute Gasteiger partial charge is 0.178 e. The summed E-state index contributed by atoms with van der Waals surface area (Å²) < 4.78 is 31.0. The molecule has 0 aliphatic carbocycles. The highest BCUT2D eigenvalue weighted by Crippen LogP contribution is 2.27. The zero-order valence-electron chi connectivity index (χ0n) is 11.1. The average Bonchev–Trinajstić information content (AvgIpc) is 2.90. The zero-order valence-corrected chi connectivity index (χ0v) is 12.8. The summed E-state index contributed by atoms with van der Waals surface area (Å²) in [6.45, 7) is 0.630. The molecule has 20 heavy (non-hydrogen) atoms. The van der Waals surface area contributed by atoms with E-state index in [9.17, 15) is 8.42 Å². The van der Waals surface area contributed by atoms with E-state index in [0.717, 1.165) is 16.8 Å². The topological polar surface area (TPSA) is 64.1 Å². The van der Waals surface area contributed by atoms with E-state index in [0.29, 0.717) is 17.7 Å². The number of hydrogen-bond donors (Lipinski definition) is 1. The van der Waals surface area contributed by atoms with Gasteiger partial charge in [0.2, 0.25) is 0 Å². The first-order valence-electron chi connectivity index (χ1n) is 6.46. The van der Waals surface area contributed by atoms with Gasteiger partial charge in [-0.05, 0) is 36.7 Å². The lowest BCUT2D eigenvalue weighted by atomic mass is 10.1. The van der Waals surface area contributed by atoms with Gasteiger partial charge in [0.05, 0.1) is 24.1 Å². The van der Waals surface area contributed by atoms with Gasteiger partial charge in [0, 0.05) is 6.54 Å². The fourth-order valence-electron chi connectivity index (χ4n) is 2.78. The predicted molar refractivity (Wildman–Crippen MR) is 80.4 cm³/mol. The second-order valence-corrected chi connectivity index (χ2v) is 7.78. The van der Waals surface area contributed by atoms with Gasteiger partial charge < -0.3 is 14.3 Å². The number of ether oxygens (including phenoxy) is 1. The summed E-state index contributed by atoms with van der Waals surface area (Å²) in [6.07, 6.45) is 0.709. The van der Waals surface area contributed by atoms with E-state index in [1.165, 1.54) is 0 Å². The summed E-state index contributed by atoms with van der Waals surface area (Å²) in [7, 11) is -1.24. The van der Waals surface area contributed by atoms with E-state index < -0.39 is 9.84 Å². The molecule has 1 N–H and O–H groups in total. The SMILES string of the molecule is COc1cccc2c1[nH]c(=S)n2CC1CCS(=O)(=O)C1. The first-order valence-corrected chi connectivity index (χ1v) is 8.69. The lowest BCUT2D eigenvalue weighted by Crippen LogP contribution is -2.12. The summed E-state index contributed by atoms with van der Waals surface area (Å²) in [5.41, 5.74) is 1.82. The van der Waals surface area contributed by atoms with Crippen molar-refractivity contribution in [3.8, 4) is 5.75 Å². The Labute approximate surface area is 122 Å². The molecule has 0 radical (unpaired) electrons. The van der Waals surface area contributed by atoms with E-state index in [2.05, 4.69) is 4.98 Å². The lowest BCUT2D eigenvalue weighted by Gasteiger charge is -2.10. The summed E-state index contributed by atoms with van der Waals surface area (Å²) in [6, 6.07) is 5.75. The zero-order chi connectivity index (χ0) is 14.3. The fraction of sp³-hybridized carbons (Fsp3) is 0.462. The molecule has 0 spiro atoms. The van der Waals surface area contributed by atoms with Crippen LogP contribution in [-0.2, 0) is 16.4 Å². The van der Waals surface area contributed by atoms with Crippen molar-refractivity contribution in [3.63, 3.8) is 0 Å². The second kappa shape index (κ2) is 4.89. The van der Waals surface area contributed by atoms with Gasteiger partial charge in [0.15, 0.2) is 14.6 Å². The van der Waals surface area contributed by atoms with Crippen LogP contribution in [0.1, 0.15) is 6.42 Å². The number of hydrogen-bond acceptors (Lipinski definition) is 4. The van der Waals surface area contributed by atoms with Crippen LogP contribution >= 0.6 is 12.2 Å². The van der Waals surface area contributed by atoms with E-state index >= 15 is 0 Å². The highest BCUT2D eigenvalue weighted by molar-refractivity contribution is 7.91. The summed E-state index contributed by atoms with van der Waals surface area (Å²) in [4.78, 5) is 3.14. The highest BCUT2D eigenvalue weighted by atomic mass is 32.2. The van der Waals surface area contributed by atoms with Gasteiger partial charge >= 0.3 is 0 Å². The third-order valence-electron chi connectivity index (χ3n) is 3.76. The Morgan fingerprint density at radius 1 is 1.50 bits per heavy atom. The number of aromatic nitrogens is 2. The minimum Gasteiger partial charge on any atom is -0.494 e. The molecular weight excluding hydrogens is 296 g/mol. The molecule has 2 aromatic rings. The van der Waals surface area contributed by atoms with Gasteiger partial charge in [-0.2, -0.15) is 0 Å². The maximum atomic E-state index is 11.6. The van der Waals surface area contributed by atoms with Gasteiger partial charge in [-0.1, -0.05) is 6.07 Å². The van der Waals surface area contributed by atoms with Crippen LogP contribution < -0.4 is 4.74 Å². The summed E-state index contributed by atoms with van der Waals surface area (Å²) in [5, 5.41) is 0. The van der Waals surface area contributed by atoms with Gasteiger partial charge in [-0.25, -0.2) is 8.42 Å². The van der Waals surface area contributed by atoms with Gasteiger partial charge in [-0.3, -0.25) is 0 Å². The quantitative estimate of drug-likeness (QED) is 0.882. The molecule has 0 amide bonds. The third kappa shape index (κ3) is 2.35. The number of nitrogens with zero attached hydrogens (tertiary/aromatic N) is 1. The number of fused-ring (bicyclic) bond motifs is 1. The number of benzene rings is 1. The number of aromatic amines is 1. The summed E-state index contributed by atoms with van der Waals surface area (Å²) >= 11 is 5.35. The minimum atomic E-state index is -2.86. The maximum Gasteiger partial charge on any atom is 0.178 e. The molecule has 2 heterocycles. The van der Waals surface area contributed by atoms with Gasteiger partial charge in [0.25, 0.3) is 0 Å². The predicted octanol–water partition coefficient (Wildman–Crippen LogP) is 2.14. The van der Waals surface area contributed by atoms with Crippen molar-refractivity contribution >= 4 is 33.1 Å². The van der Waals surface area contributed by atoms with Crippen molar-refractivity contribution in [1.82, 2.24) is 9.55 Å². The molecule has 1 atom stereocenters. The van der Waals surface area contributed by atoms with E-state index in [1.54, 1.807) is 7.11 Å². The molecule has 1 aromatic carbocycles. The van der Waals surface area contributed by atoms with Crippen LogP contribution in [-0.4, -0.2) is 36.6 Å². The van der Waals surface area contributed by atoms with Crippen molar-refractivity contribution < 1.29 is 13.2 Å². The first kappa shape index (κ1) is 13.6. The Hall–Kier alpha value is -1.34. The van der Waals surface area contributed by atoms with Crippen molar-refractivity contribution in [1.29, 1.82) is 0 Å². The molecule has 1 saturated heterocycles. The van der Waals surface area contributed by atoms with E-state index in [-0.39, 0.29) is 17.4 Å². The fourth-order valence-corrected chi connectivity index (χ4v) is 4.90. The Morgan fingerprint density at radius 3 is 2.95 bits per heavy atom. The van der Waals surface area contributed by atoms with Gasteiger partial charge in [0.1, 0.15) is 11.3 Å². The van der Waals surface area contributed by atoms with Crippen LogP contribution in [0.3, 0.4) is 0 Å². The third-order valence-corrected chi connectivity index (χ3v) is 5.92. The molecule has 1 aromatic heterocycles. The summed E-state index contributed by atoms with van der Waals surface area (Å²) in [5.74, 6) is 1.42. The van der Waals surface area contributed by atoms with Crippen LogP contribution in [0.5, 0.6) is 5.75 Å². The lowest BCUT2D eigenvalue weighted by molar-refractivity contribution is 0.419. The highest BCUT2D eigenvalue weighted by Gasteiger charge is 2.28. The van der Waals surface area contributed by atoms with Crippen LogP contribution in [0.2, 0.25) is 0 Å². The monoisotopic (exact) mass is 312 g/mol. The number of rotatable bonds is 3. The van der Waals surface area contributed by atoms with Crippen LogP contribution in [0.15, 0.2) is 18.2 Å².